The van der Waals surface area contributed by atoms with Crippen LogP contribution in [0.2, 0.25) is 0 Å². The van der Waals surface area contributed by atoms with Crippen molar-refractivity contribution in [2.45, 2.75) is 19.3 Å². The second kappa shape index (κ2) is 5.00. The molecular formula is C5H13FN2. The van der Waals surface area contributed by atoms with Gasteiger partial charge < -0.3 is 0 Å². The van der Waals surface area contributed by atoms with Gasteiger partial charge in [0.25, 0.3) is 0 Å². The smallest absolute Gasteiger partial charge is 0.00997 e. The number of hydrazine groups is 1. The predicted molar refractivity (Wildman–Crippen MR) is 32.4 cm³/mol. The van der Waals surface area contributed by atoms with E-state index in [0.29, 0.717) is 0 Å². The Morgan fingerprint density at radius 3 is 1.75 bits per heavy atom. The van der Waals surface area contributed by atoms with Crippen molar-refractivity contribution in [2.75, 3.05) is 13.1 Å². The Bertz CT molecular complexity index is 30.0. The molecule has 1 fully saturated rings. The van der Waals surface area contributed by atoms with Crippen molar-refractivity contribution in [2.24, 2.45) is 0 Å². The molecule has 3 heteroatoms. The lowest BCUT2D eigenvalue weighted by Crippen LogP contribution is -2.30. The van der Waals surface area contributed by atoms with E-state index in [1.165, 1.54) is 19.3 Å². The highest BCUT2D eigenvalue weighted by molar-refractivity contribution is 4.51. The van der Waals surface area contributed by atoms with Crippen LogP contribution in [0.25, 0.3) is 0 Å². The standard InChI is InChI=1S/C5H12N2.FH/c1-2-4-6-7-5-3-1;/h6-7H,1-5H2;1H. The first kappa shape index (κ1) is 7.85. The van der Waals surface area contributed by atoms with E-state index in [4.69, 9.17) is 0 Å². The second-order valence-electron chi connectivity index (χ2n) is 1.91. The highest BCUT2D eigenvalue weighted by Crippen LogP contribution is 1.93. The summed E-state index contributed by atoms with van der Waals surface area (Å²) >= 11 is 0. The van der Waals surface area contributed by atoms with Crippen molar-refractivity contribution in [3.05, 3.63) is 0 Å². The van der Waals surface area contributed by atoms with Gasteiger partial charge in [-0.1, -0.05) is 6.42 Å². The lowest BCUT2D eigenvalue weighted by molar-refractivity contribution is 0.573. The van der Waals surface area contributed by atoms with E-state index in [9.17, 15) is 0 Å². The Labute approximate surface area is 49.0 Å². The molecule has 1 rings (SSSR count). The normalized spacial score (nSPS) is 21.0. The average molecular weight is 120 g/mol. The number of hydrogen-bond donors (Lipinski definition) is 2. The van der Waals surface area contributed by atoms with Crippen molar-refractivity contribution in [3.8, 4) is 0 Å². The van der Waals surface area contributed by atoms with Gasteiger partial charge in [0.15, 0.2) is 0 Å². The minimum absolute atomic E-state index is 0. The average Bonchev–Trinajstić information content (AvgIpc) is 1.90. The Kier molecular flexibility index (Phi) is 4.90. The van der Waals surface area contributed by atoms with Crippen LogP contribution in [-0.4, -0.2) is 13.1 Å². The summed E-state index contributed by atoms with van der Waals surface area (Å²) < 4.78 is 0. The first-order valence-electron chi connectivity index (χ1n) is 2.96. The molecule has 1 aliphatic heterocycles. The van der Waals surface area contributed by atoms with Crippen LogP contribution in [0.15, 0.2) is 0 Å². The molecule has 0 aromatic rings. The van der Waals surface area contributed by atoms with Gasteiger partial charge in [-0.3, -0.25) is 15.6 Å². The molecule has 0 aromatic carbocycles. The van der Waals surface area contributed by atoms with Gasteiger partial charge in [-0.05, 0) is 12.8 Å². The minimum atomic E-state index is 0. The fraction of sp³-hybridized carbons (Fsp3) is 1.00. The molecule has 0 aliphatic carbocycles. The zero-order valence-electron chi connectivity index (χ0n) is 4.94. The second-order valence-corrected chi connectivity index (χ2v) is 1.91. The number of hydrogen-bond acceptors (Lipinski definition) is 2. The Hall–Kier alpha value is -0.150. The third-order valence-corrected chi connectivity index (χ3v) is 1.23. The van der Waals surface area contributed by atoms with Gasteiger partial charge in [0.2, 0.25) is 0 Å². The highest BCUT2D eigenvalue weighted by atomic mass is 19.0. The molecule has 8 heavy (non-hydrogen) atoms. The van der Waals surface area contributed by atoms with Crippen LogP contribution in [0.5, 0.6) is 0 Å². The van der Waals surface area contributed by atoms with Crippen LogP contribution in [0.1, 0.15) is 19.3 Å². The molecule has 2 N–H and O–H groups in total. The molecule has 2 nitrogen and oxygen atoms in total. The Morgan fingerprint density at radius 1 is 0.750 bits per heavy atom. The third-order valence-electron chi connectivity index (χ3n) is 1.23. The molecule has 0 bridgehead atoms. The zero-order valence-corrected chi connectivity index (χ0v) is 4.94. The molecule has 1 saturated heterocycles. The van der Waals surface area contributed by atoms with Crippen LogP contribution in [0, 0.1) is 0 Å². The first-order valence-corrected chi connectivity index (χ1v) is 2.96. The maximum atomic E-state index is 3.10. The molecule has 0 radical (unpaired) electrons. The fourth-order valence-electron chi connectivity index (χ4n) is 0.780. The number of nitrogens with one attached hydrogen (secondary N) is 2. The summed E-state index contributed by atoms with van der Waals surface area (Å²) in [6.07, 6.45) is 4.03. The lowest BCUT2D eigenvalue weighted by atomic mass is 10.2. The minimum Gasteiger partial charge on any atom is -0.269 e. The summed E-state index contributed by atoms with van der Waals surface area (Å²) in [5.41, 5.74) is 6.19. The SMILES string of the molecule is C1CCNNCC1.F. The van der Waals surface area contributed by atoms with Gasteiger partial charge in [0.05, 0.1) is 0 Å². The maximum Gasteiger partial charge on any atom is 0.00997 e. The van der Waals surface area contributed by atoms with Gasteiger partial charge in [-0.25, -0.2) is 0 Å². The highest BCUT2D eigenvalue weighted by Gasteiger charge is 1.92. The van der Waals surface area contributed by atoms with Gasteiger partial charge in [-0.15, -0.1) is 0 Å². The first-order chi connectivity index (χ1) is 3.50. The van der Waals surface area contributed by atoms with Crippen LogP contribution in [-0.2, 0) is 0 Å². The predicted octanol–water partition coefficient (Wildman–Crippen LogP) is 0.417. The molecule has 50 valence electrons. The summed E-state index contributed by atoms with van der Waals surface area (Å²) in [5, 5.41) is 0. The van der Waals surface area contributed by atoms with E-state index in [1.54, 1.807) is 0 Å². The number of rotatable bonds is 0. The Balaban J connectivity index is 0.000000490. The largest absolute Gasteiger partial charge is 0.269 e. The molecule has 0 unspecified atom stereocenters. The molecule has 0 atom stereocenters. The van der Waals surface area contributed by atoms with E-state index in [0.717, 1.165) is 13.1 Å². The molecule has 1 aliphatic rings. The lowest BCUT2D eigenvalue weighted by Gasteiger charge is -1.95. The van der Waals surface area contributed by atoms with Gasteiger partial charge >= 0.3 is 0 Å². The molecule has 0 amide bonds. The zero-order chi connectivity index (χ0) is 4.95. The van der Waals surface area contributed by atoms with Gasteiger partial charge in [0.1, 0.15) is 0 Å². The van der Waals surface area contributed by atoms with Crippen molar-refractivity contribution in [1.29, 1.82) is 0 Å². The summed E-state index contributed by atoms with van der Waals surface area (Å²) in [4.78, 5) is 0. The third kappa shape index (κ3) is 2.93. The van der Waals surface area contributed by atoms with Crippen LogP contribution < -0.4 is 10.9 Å². The van der Waals surface area contributed by atoms with Crippen LogP contribution in [0.3, 0.4) is 0 Å². The summed E-state index contributed by atoms with van der Waals surface area (Å²) in [6, 6.07) is 0. The van der Waals surface area contributed by atoms with E-state index in [-0.39, 0.29) is 4.70 Å². The summed E-state index contributed by atoms with van der Waals surface area (Å²) in [7, 11) is 0. The van der Waals surface area contributed by atoms with E-state index < -0.39 is 0 Å². The number of halogens is 1. The van der Waals surface area contributed by atoms with E-state index in [1.807, 2.05) is 0 Å². The molecular weight excluding hydrogens is 107 g/mol. The van der Waals surface area contributed by atoms with Gasteiger partial charge in [-0.2, -0.15) is 0 Å². The van der Waals surface area contributed by atoms with Crippen molar-refractivity contribution in [1.82, 2.24) is 10.9 Å². The van der Waals surface area contributed by atoms with Crippen LogP contribution in [0.4, 0.5) is 4.70 Å². The summed E-state index contributed by atoms with van der Waals surface area (Å²) in [6.45, 7) is 2.28. The molecule has 0 saturated carbocycles. The van der Waals surface area contributed by atoms with Crippen molar-refractivity contribution in [3.63, 3.8) is 0 Å². The van der Waals surface area contributed by atoms with Crippen molar-refractivity contribution < 1.29 is 4.70 Å². The molecule has 1 heterocycles. The maximum absolute atomic E-state index is 3.10. The fourth-order valence-corrected chi connectivity index (χ4v) is 0.780. The van der Waals surface area contributed by atoms with Gasteiger partial charge in [0, 0.05) is 13.1 Å². The van der Waals surface area contributed by atoms with Crippen LogP contribution >= 0.6 is 0 Å². The molecule has 0 spiro atoms. The monoisotopic (exact) mass is 120 g/mol. The quantitative estimate of drug-likeness (QED) is 0.484. The topological polar surface area (TPSA) is 24.1 Å². The summed E-state index contributed by atoms with van der Waals surface area (Å²) in [5.74, 6) is 0. The van der Waals surface area contributed by atoms with Crippen molar-refractivity contribution >= 4 is 0 Å². The van der Waals surface area contributed by atoms with E-state index >= 15 is 0 Å². The van der Waals surface area contributed by atoms with E-state index in [2.05, 4.69) is 10.9 Å². The molecule has 0 aromatic heterocycles. The Morgan fingerprint density at radius 2 is 1.25 bits per heavy atom.